The molecule has 0 aliphatic heterocycles. The van der Waals surface area contributed by atoms with Gasteiger partial charge in [-0.1, -0.05) is 31.7 Å². The normalized spacial score (nSPS) is 16.5. The van der Waals surface area contributed by atoms with Crippen molar-refractivity contribution in [2.75, 3.05) is 39.7 Å². The number of aliphatic carboxylic acids is 1. The first-order chi connectivity index (χ1) is 22.6. The fraction of sp³-hybridized carbons (Fsp3) is 0.556. The highest BCUT2D eigenvalue weighted by Crippen LogP contribution is 2.50. The van der Waals surface area contributed by atoms with E-state index >= 15 is 0 Å². The molecule has 0 aromatic heterocycles. The summed E-state index contributed by atoms with van der Waals surface area (Å²) in [7, 11) is 4.69. The lowest BCUT2D eigenvalue weighted by Crippen LogP contribution is -2.40. The minimum Gasteiger partial charge on any atom is -0.493 e. The number of carbonyl (C=O) groups excluding carboxylic acids is 2. The zero-order chi connectivity index (χ0) is 34.0. The van der Waals surface area contributed by atoms with Crippen LogP contribution in [0.25, 0.3) is 11.1 Å². The fourth-order valence-corrected chi connectivity index (χ4v) is 7.08. The number of benzene rings is 1. The van der Waals surface area contributed by atoms with Gasteiger partial charge in [0.15, 0.2) is 11.5 Å². The third kappa shape index (κ3) is 8.96. The number of aryl methyl sites for hydroxylation is 1. The molecular weight excluding hydrogens is 602 g/mol. The van der Waals surface area contributed by atoms with E-state index in [1.165, 1.54) is 6.92 Å². The molecular formula is C36H49N3O8. The second kappa shape index (κ2) is 16.5. The standard InChI is InChI=1S/C36H49N3O8/c1-23(40)39-27-14-12-24-19-30(45-2)34(46-3)35(47-4)33(24)25-13-15-28(29(41)20-26(25)27)37-18-10-5-7-11-31(42)38-22-36(21-32(43)44)16-8-6-9-17-36/h13,15,19-20,27H,5-12,14,16-18,21-22H2,1-4H3,(H,37,41)(H,38,42)(H,39,40)(H,43,44)/t27-/m1/s1. The summed E-state index contributed by atoms with van der Waals surface area (Å²) in [5.74, 6) is 0.445. The van der Waals surface area contributed by atoms with Crippen LogP contribution in [-0.4, -0.2) is 57.3 Å². The number of nitrogens with one attached hydrogen (secondary N) is 3. The summed E-state index contributed by atoms with van der Waals surface area (Å²) in [6.07, 6.45) is 8.72. The lowest BCUT2D eigenvalue weighted by molar-refractivity contribution is -0.140. The van der Waals surface area contributed by atoms with Gasteiger partial charge in [-0.05, 0) is 78.8 Å². The predicted octanol–water partition coefficient (Wildman–Crippen LogP) is 5.38. The number of hydrogen-bond acceptors (Lipinski definition) is 8. The summed E-state index contributed by atoms with van der Waals surface area (Å²) in [4.78, 5) is 49.6. The summed E-state index contributed by atoms with van der Waals surface area (Å²) >= 11 is 0. The lowest BCUT2D eigenvalue weighted by Gasteiger charge is -2.36. The number of amides is 2. The number of hydrogen-bond donors (Lipinski definition) is 4. The van der Waals surface area contributed by atoms with Crippen LogP contribution in [0.5, 0.6) is 17.2 Å². The van der Waals surface area contributed by atoms with Crippen LogP contribution in [-0.2, 0) is 20.8 Å². The predicted molar refractivity (Wildman–Crippen MR) is 180 cm³/mol. The van der Waals surface area contributed by atoms with Crippen molar-refractivity contribution in [2.24, 2.45) is 5.41 Å². The first kappa shape index (κ1) is 35.6. The maximum Gasteiger partial charge on any atom is 0.303 e. The van der Waals surface area contributed by atoms with Crippen molar-refractivity contribution in [1.29, 1.82) is 0 Å². The van der Waals surface area contributed by atoms with E-state index in [1.807, 2.05) is 12.1 Å². The third-order valence-corrected chi connectivity index (χ3v) is 9.41. The van der Waals surface area contributed by atoms with E-state index < -0.39 is 5.97 Å². The molecule has 0 radical (unpaired) electrons. The van der Waals surface area contributed by atoms with Gasteiger partial charge in [0.25, 0.3) is 0 Å². The molecule has 2 aromatic rings. The first-order valence-corrected chi connectivity index (χ1v) is 16.6. The van der Waals surface area contributed by atoms with Crippen molar-refractivity contribution >= 4 is 23.5 Å². The van der Waals surface area contributed by atoms with Crippen LogP contribution in [0.15, 0.2) is 29.1 Å². The number of carbonyl (C=O) groups is 3. The number of unbranched alkanes of at least 4 members (excludes halogenated alkanes) is 2. The van der Waals surface area contributed by atoms with Gasteiger partial charge in [0.1, 0.15) is 0 Å². The Balaban J connectivity index is 1.43. The van der Waals surface area contributed by atoms with E-state index in [2.05, 4.69) is 16.0 Å². The number of ether oxygens (including phenoxy) is 3. The highest BCUT2D eigenvalue weighted by atomic mass is 16.5. The van der Waals surface area contributed by atoms with Gasteiger partial charge in [0.05, 0.1) is 39.5 Å². The van der Waals surface area contributed by atoms with Gasteiger partial charge < -0.3 is 35.3 Å². The summed E-state index contributed by atoms with van der Waals surface area (Å²) in [6, 6.07) is 6.79. The Morgan fingerprint density at radius 2 is 1.70 bits per heavy atom. The number of methoxy groups -OCH3 is 3. The minimum atomic E-state index is -0.810. The molecule has 47 heavy (non-hydrogen) atoms. The van der Waals surface area contributed by atoms with E-state index in [0.717, 1.165) is 61.6 Å². The highest BCUT2D eigenvalue weighted by molar-refractivity contribution is 5.84. The van der Waals surface area contributed by atoms with Crippen LogP contribution in [0.3, 0.4) is 0 Å². The maximum atomic E-state index is 13.5. The van der Waals surface area contributed by atoms with Gasteiger partial charge in [-0.15, -0.1) is 0 Å². The molecule has 0 spiro atoms. The molecule has 4 N–H and O–H groups in total. The van der Waals surface area contributed by atoms with E-state index in [4.69, 9.17) is 14.2 Å². The molecule has 256 valence electrons. The fourth-order valence-electron chi connectivity index (χ4n) is 7.08. The maximum absolute atomic E-state index is 13.5. The molecule has 11 heteroatoms. The third-order valence-electron chi connectivity index (χ3n) is 9.41. The summed E-state index contributed by atoms with van der Waals surface area (Å²) in [5.41, 5.74) is 3.14. The molecule has 2 aliphatic rings. The Labute approximate surface area is 276 Å². The molecule has 1 saturated carbocycles. The van der Waals surface area contributed by atoms with Gasteiger partial charge in [-0.2, -0.15) is 0 Å². The zero-order valence-electron chi connectivity index (χ0n) is 28.1. The molecule has 0 heterocycles. The topological polar surface area (TPSA) is 152 Å². The molecule has 1 atom stereocenters. The van der Waals surface area contributed by atoms with Crippen LogP contribution in [0.2, 0.25) is 0 Å². The van der Waals surface area contributed by atoms with Crippen LogP contribution < -0.4 is 35.6 Å². The molecule has 0 unspecified atom stereocenters. The van der Waals surface area contributed by atoms with Crippen molar-refractivity contribution in [3.63, 3.8) is 0 Å². The molecule has 2 aliphatic carbocycles. The van der Waals surface area contributed by atoms with Gasteiger partial charge in [-0.25, -0.2) is 0 Å². The number of carboxylic acid groups (broad SMARTS) is 1. The summed E-state index contributed by atoms with van der Waals surface area (Å²) in [6.45, 7) is 2.43. The second-order valence-electron chi connectivity index (χ2n) is 12.7. The Kier molecular flexibility index (Phi) is 12.5. The number of fused-ring (bicyclic) bond motifs is 3. The number of anilines is 1. The van der Waals surface area contributed by atoms with Crippen molar-refractivity contribution in [2.45, 2.75) is 90.0 Å². The van der Waals surface area contributed by atoms with Crippen molar-refractivity contribution < 1.29 is 33.7 Å². The number of rotatable bonds is 15. The Morgan fingerprint density at radius 3 is 2.36 bits per heavy atom. The molecule has 4 rings (SSSR count). The Bertz CT molecular complexity index is 1500. The zero-order valence-corrected chi connectivity index (χ0v) is 28.1. The van der Waals surface area contributed by atoms with Gasteiger partial charge in [0, 0.05) is 32.0 Å². The van der Waals surface area contributed by atoms with E-state index in [9.17, 15) is 24.3 Å². The first-order valence-electron chi connectivity index (χ1n) is 16.6. The van der Waals surface area contributed by atoms with Crippen molar-refractivity contribution in [1.82, 2.24) is 10.6 Å². The van der Waals surface area contributed by atoms with E-state index in [-0.39, 0.29) is 35.1 Å². The molecule has 2 amide bonds. The molecule has 2 aromatic carbocycles. The number of carboxylic acids is 1. The lowest BCUT2D eigenvalue weighted by atomic mass is 9.71. The Morgan fingerprint density at radius 1 is 0.957 bits per heavy atom. The van der Waals surface area contributed by atoms with Crippen LogP contribution in [0.4, 0.5) is 5.69 Å². The van der Waals surface area contributed by atoms with Crippen molar-refractivity contribution in [3.8, 4) is 28.4 Å². The summed E-state index contributed by atoms with van der Waals surface area (Å²) in [5, 5.41) is 18.7. The van der Waals surface area contributed by atoms with Gasteiger partial charge in [-0.3, -0.25) is 19.2 Å². The van der Waals surface area contributed by atoms with E-state index in [1.54, 1.807) is 33.5 Å². The largest absolute Gasteiger partial charge is 0.493 e. The van der Waals surface area contributed by atoms with E-state index in [0.29, 0.717) is 67.3 Å². The molecule has 0 saturated heterocycles. The van der Waals surface area contributed by atoms with Crippen molar-refractivity contribution in [3.05, 3.63) is 45.6 Å². The highest BCUT2D eigenvalue weighted by Gasteiger charge is 2.35. The smallest absolute Gasteiger partial charge is 0.303 e. The molecule has 0 bridgehead atoms. The quantitative estimate of drug-likeness (QED) is 0.186. The average molecular weight is 652 g/mol. The van der Waals surface area contributed by atoms with Gasteiger partial charge in [0.2, 0.25) is 23.0 Å². The second-order valence-corrected chi connectivity index (χ2v) is 12.7. The SMILES string of the molecule is COc1cc2c(c(OC)c1OC)-c1ccc(NCCCCCC(=O)NCC3(CC(=O)O)CCCCC3)c(=O)cc1[C@H](NC(C)=O)CC2. The van der Waals surface area contributed by atoms with Crippen LogP contribution in [0.1, 0.15) is 94.7 Å². The van der Waals surface area contributed by atoms with Gasteiger partial charge >= 0.3 is 5.97 Å². The summed E-state index contributed by atoms with van der Waals surface area (Å²) < 4.78 is 17.1. The monoisotopic (exact) mass is 651 g/mol. The van der Waals surface area contributed by atoms with Crippen LogP contribution in [0, 0.1) is 5.41 Å². The molecule has 1 fully saturated rings. The Hall–Kier alpha value is -4.28. The molecule has 11 nitrogen and oxygen atoms in total. The minimum absolute atomic E-state index is 0.0505. The average Bonchev–Trinajstić information content (AvgIpc) is 3.29. The van der Waals surface area contributed by atoms with Crippen LogP contribution >= 0.6 is 0 Å².